The van der Waals surface area contributed by atoms with Gasteiger partial charge in [-0.3, -0.25) is 0 Å². The second-order valence-electron chi connectivity index (χ2n) is 16.5. The van der Waals surface area contributed by atoms with Crippen molar-refractivity contribution in [1.82, 2.24) is 0 Å². The quantitative estimate of drug-likeness (QED) is 0.133. The highest BCUT2D eigenvalue weighted by atomic mass is 15.2. The van der Waals surface area contributed by atoms with Gasteiger partial charge in [-0.1, -0.05) is 164 Å². The standard InChI is InChI=1S/C38H32N2.C25H22N2/c1-29-11-9-17-37(27-29)39(33-13-5-3-6-14-33)35-23-19-31(20-24-35)32-21-25-36(26-22-32)40(34-15-7-4-8-16-34)38-18-10-12-30(2)28-38;26-19-20-10-9-15-23(18-20)27(22-13-5-2-6-14-22)25-17-8-7-16-24(25)21-11-3-1-4-12-21/h3-28H,1-2H3;1-18H,19,26H2. The molecule has 4 heteroatoms. The summed E-state index contributed by atoms with van der Waals surface area (Å²) >= 11 is 0. The summed E-state index contributed by atoms with van der Waals surface area (Å²) in [5, 5.41) is 0. The van der Waals surface area contributed by atoms with E-state index in [1.807, 2.05) is 12.1 Å². The Kier molecular flexibility index (Phi) is 13.7. The van der Waals surface area contributed by atoms with Gasteiger partial charge in [0.25, 0.3) is 0 Å². The molecule has 0 atom stereocenters. The Hall–Kier alpha value is -8.44. The number of anilines is 9. The van der Waals surface area contributed by atoms with Gasteiger partial charge in [0, 0.05) is 57.6 Å². The van der Waals surface area contributed by atoms with Crippen molar-refractivity contribution in [3.8, 4) is 22.3 Å². The van der Waals surface area contributed by atoms with Gasteiger partial charge < -0.3 is 20.4 Å². The van der Waals surface area contributed by atoms with Gasteiger partial charge in [0.05, 0.1) is 5.69 Å². The summed E-state index contributed by atoms with van der Waals surface area (Å²) in [4.78, 5) is 6.90. The smallest absolute Gasteiger partial charge is 0.0540 e. The molecule has 0 bridgehead atoms. The Bertz CT molecular complexity index is 2990. The van der Waals surface area contributed by atoms with Crippen LogP contribution in [0.4, 0.5) is 51.2 Å². The highest BCUT2D eigenvalue weighted by Gasteiger charge is 2.18. The average Bonchev–Trinajstić information content (AvgIpc) is 3.39. The molecule has 10 aromatic rings. The van der Waals surface area contributed by atoms with Crippen LogP contribution in [0.25, 0.3) is 22.3 Å². The zero-order valence-electron chi connectivity index (χ0n) is 38.0. The van der Waals surface area contributed by atoms with Crippen LogP contribution >= 0.6 is 0 Å². The maximum Gasteiger partial charge on any atom is 0.0540 e. The largest absolute Gasteiger partial charge is 0.326 e. The zero-order chi connectivity index (χ0) is 45.8. The molecule has 10 aromatic carbocycles. The predicted octanol–water partition coefficient (Wildman–Crippen LogP) is 17.2. The van der Waals surface area contributed by atoms with E-state index in [0.29, 0.717) is 6.54 Å². The first-order chi connectivity index (χ1) is 33.0. The maximum atomic E-state index is 5.90. The van der Waals surface area contributed by atoms with Gasteiger partial charge in [0.2, 0.25) is 0 Å². The summed E-state index contributed by atoms with van der Waals surface area (Å²) in [5.41, 5.74) is 24.5. The summed E-state index contributed by atoms with van der Waals surface area (Å²) in [7, 11) is 0. The minimum atomic E-state index is 0.525. The van der Waals surface area contributed by atoms with Crippen molar-refractivity contribution >= 4 is 51.2 Å². The third-order valence-electron chi connectivity index (χ3n) is 11.8. The number of nitrogens with zero attached hydrogens (tertiary/aromatic N) is 3. The summed E-state index contributed by atoms with van der Waals surface area (Å²) in [6, 6.07) is 94.0. The van der Waals surface area contributed by atoms with Crippen LogP contribution in [0.15, 0.2) is 267 Å². The molecule has 0 saturated carbocycles. The number of hydrogen-bond acceptors (Lipinski definition) is 4. The lowest BCUT2D eigenvalue weighted by atomic mass is 10.0. The predicted molar refractivity (Wildman–Crippen MR) is 285 cm³/mol. The van der Waals surface area contributed by atoms with Gasteiger partial charge in [-0.2, -0.15) is 0 Å². The molecule has 4 nitrogen and oxygen atoms in total. The molecule has 0 heterocycles. The van der Waals surface area contributed by atoms with E-state index in [1.54, 1.807) is 0 Å². The lowest BCUT2D eigenvalue weighted by molar-refractivity contribution is 1.07. The highest BCUT2D eigenvalue weighted by Crippen LogP contribution is 2.41. The molecule has 0 saturated heterocycles. The van der Waals surface area contributed by atoms with Crippen LogP contribution in [-0.2, 0) is 6.54 Å². The fraction of sp³-hybridized carbons (Fsp3) is 0.0476. The first-order valence-electron chi connectivity index (χ1n) is 22.9. The molecule has 0 radical (unpaired) electrons. The summed E-state index contributed by atoms with van der Waals surface area (Å²) in [6.45, 7) is 4.80. The first kappa shape index (κ1) is 43.8. The molecular formula is C63H54N4. The number of aryl methyl sites for hydroxylation is 2. The molecule has 2 N–H and O–H groups in total. The Morgan fingerprint density at radius 2 is 0.642 bits per heavy atom. The fourth-order valence-electron chi connectivity index (χ4n) is 8.55. The number of nitrogens with two attached hydrogens (primary N) is 1. The normalized spacial score (nSPS) is 10.7. The van der Waals surface area contributed by atoms with Crippen molar-refractivity contribution in [2.24, 2.45) is 5.73 Å². The number of benzene rings is 10. The fourth-order valence-corrected chi connectivity index (χ4v) is 8.55. The first-order valence-corrected chi connectivity index (χ1v) is 22.9. The van der Waals surface area contributed by atoms with E-state index in [9.17, 15) is 0 Å². The van der Waals surface area contributed by atoms with Gasteiger partial charge in [0.1, 0.15) is 0 Å². The van der Waals surface area contributed by atoms with E-state index in [0.717, 1.165) is 56.7 Å². The van der Waals surface area contributed by atoms with Crippen molar-refractivity contribution in [3.05, 3.63) is 284 Å². The number of hydrogen-bond donors (Lipinski definition) is 1. The van der Waals surface area contributed by atoms with Crippen LogP contribution in [0.5, 0.6) is 0 Å². The van der Waals surface area contributed by atoms with Crippen LogP contribution in [0.3, 0.4) is 0 Å². The SMILES string of the molecule is Cc1cccc(N(c2ccccc2)c2ccc(-c3ccc(N(c4ccccc4)c4cccc(C)c4)cc3)cc2)c1.NCc1cccc(N(c2ccccc2)c2ccccc2-c2ccccc2)c1. The highest BCUT2D eigenvalue weighted by molar-refractivity contribution is 5.88. The van der Waals surface area contributed by atoms with E-state index >= 15 is 0 Å². The Labute approximate surface area is 396 Å². The Morgan fingerprint density at radius 1 is 0.284 bits per heavy atom. The summed E-state index contributed by atoms with van der Waals surface area (Å²) in [5.74, 6) is 0. The lowest BCUT2D eigenvalue weighted by Gasteiger charge is -2.28. The number of rotatable bonds is 12. The Morgan fingerprint density at radius 3 is 1.09 bits per heavy atom. The van der Waals surface area contributed by atoms with Crippen LogP contribution in [-0.4, -0.2) is 0 Å². The van der Waals surface area contributed by atoms with Crippen LogP contribution in [0.2, 0.25) is 0 Å². The molecule has 0 aliphatic heterocycles. The van der Waals surface area contributed by atoms with Crippen LogP contribution in [0.1, 0.15) is 16.7 Å². The monoisotopic (exact) mass is 866 g/mol. The molecule has 0 unspecified atom stereocenters. The zero-order valence-corrected chi connectivity index (χ0v) is 38.0. The van der Waals surface area contributed by atoms with E-state index in [1.165, 1.54) is 33.4 Å². The molecule has 0 aliphatic carbocycles. The average molecular weight is 867 g/mol. The van der Waals surface area contributed by atoms with Gasteiger partial charge in [-0.05, 0) is 150 Å². The van der Waals surface area contributed by atoms with E-state index in [4.69, 9.17) is 5.73 Å². The van der Waals surface area contributed by atoms with Crippen molar-refractivity contribution in [1.29, 1.82) is 0 Å². The van der Waals surface area contributed by atoms with Crippen molar-refractivity contribution in [2.45, 2.75) is 20.4 Å². The molecule has 67 heavy (non-hydrogen) atoms. The topological polar surface area (TPSA) is 35.7 Å². The van der Waals surface area contributed by atoms with Gasteiger partial charge in [-0.25, -0.2) is 0 Å². The van der Waals surface area contributed by atoms with Crippen molar-refractivity contribution < 1.29 is 0 Å². The minimum absolute atomic E-state index is 0.525. The second-order valence-corrected chi connectivity index (χ2v) is 16.5. The van der Waals surface area contributed by atoms with Crippen LogP contribution in [0, 0.1) is 13.8 Å². The van der Waals surface area contributed by atoms with Crippen molar-refractivity contribution in [3.63, 3.8) is 0 Å². The molecule has 0 fully saturated rings. The lowest BCUT2D eigenvalue weighted by Crippen LogP contribution is -2.11. The molecule has 0 aliphatic rings. The summed E-state index contributed by atoms with van der Waals surface area (Å²) < 4.78 is 0. The van der Waals surface area contributed by atoms with Gasteiger partial charge in [0.15, 0.2) is 0 Å². The maximum absolute atomic E-state index is 5.90. The van der Waals surface area contributed by atoms with Gasteiger partial charge >= 0.3 is 0 Å². The molecule has 0 amide bonds. The third kappa shape index (κ3) is 10.4. The third-order valence-corrected chi connectivity index (χ3v) is 11.8. The Balaban J connectivity index is 0.000000181. The van der Waals surface area contributed by atoms with E-state index < -0.39 is 0 Å². The van der Waals surface area contributed by atoms with E-state index in [-0.39, 0.29) is 0 Å². The van der Waals surface area contributed by atoms with Crippen molar-refractivity contribution in [2.75, 3.05) is 14.7 Å². The number of para-hydroxylation sites is 4. The molecular weight excluding hydrogens is 813 g/mol. The molecule has 0 aromatic heterocycles. The summed E-state index contributed by atoms with van der Waals surface area (Å²) in [6.07, 6.45) is 0. The van der Waals surface area contributed by atoms with Gasteiger partial charge in [-0.15, -0.1) is 0 Å². The van der Waals surface area contributed by atoms with E-state index in [2.05, 4.69) is 283 Å². The minimum Gasteiger partial charge on any atom is -0.326 e. The molecule has 326 valence electrons. The molecule has 10 rings (SSSR count). The second kappa shape index (κ2) is 21.0. The van der Waals surface area contributed by atoms with Crippen LogP contribution < -0.4 is 20.4 Å². The molecule has 0 spiro atoms.